The highest BCUT2D eigenvalue weighted by molar-refractivity contribution is 5.48. The smallest absolute Gasteiger partial charge is 0.209 e. The Morgan fingerprint density at radius 2 is 2.53 bits per heavy atom. The molecule has 1 aliphatic rings. The minimum absolute atomic E-state index is 0.435. The third kappa shape index (κ3) is 2.37. The van der Waals surface area contributed by atoms with Crippen LogP contribution >= 0.6 is 0 Å². The van der Waals surface area contributed by atoms with Crippen molar-refractivity contribution in [2.75, 3.05) is 6.54 Å². The lowest BCUT2D eigenvalue weighted by Gasteiger charge is -2.19. The van der Waals surface area contributed by atoms with Gasteiger partial charge in [-0.1, -0.05) is 0 Å². The van der Waals surface area contributed by atoms with Crippen LogP contribution in [0.5, 0.6) is 0 Å². The van der Waals surface area contributed by atoms with E-state index in [-0.39, 0.29) is 0 Å². The highest BCUT2D eigenvalue weighted by atomic mass is 16.1. The van der Waals surface area contributed by atoms with Crippen LogP contribution in [0.25, 0.3) is 0 Å². The number of carbonyl (C=O) groups is 1. The molecule has 4 nitrogen and oxygen atoms in total. The average molecular weight is 207 g/mol. The Labute approximate surface area is 89.9 Å². The lowest BCUT2D eigenvalue weighted by molar-refractivity contribution is -0.118. The Kier molecular flexibility index (Phi) is 3.04. The third-order valence-electron chi connectivity index (χ3n) is 3.04. The molecule has 1 atom stereocenters. The molecule has 0 radical (unpaired) electrons. The lowest BCUT2D eigenvalue weighted by Crippen LogP contribution is -2.28. The number of aromatic nitrogens is 2. The number of rotatable bonds is 4. The Hall–Kier alpha value is -1.32. The standard InChI is InChI=1S/C11H17N3O/c1-10-7-13(8-12-10)6-4-11-3-2-5-14(11)9-15/h7-9,11H,2-6H2,1H3/t11-/m1/s1. The van der Waals surface area contributed by atoms with E-state index in [0.29, 0.717) is 6.04 Å². The zero-order chi connectivity index (χ0) is 10.7. The summed E-state index contributed by atoms with van der Waals surface area (Å²) in [6.07, 6.45) is 8.21. The summed E-state index contributed by atoms with van der Waals surface area (Å²) in [7, 11) is 0. The number of imidazole rings is 1. The van der Waals surface area contributed by atoms with Crippen molar-refractivity contribution in [2.24, 2.45) is 0 Å². The maximum atomic E-state index is 10.7. The maximum Gasteiger partial charge on any atom is 0.209 e. The largest absolute Gasteiger partial charge is 0.342 e. The van der Waals surface area contributed by atoms with Crippen molar-refractivity contribution >= 4 is 6.41 Å². The minimum atomic E-state index is 0.435. The van der Waals surface area contributed by atoms with Gasteiger partial charge < -0.3 is 9.47 Å². The first kappa shape index (κ1) is 10.2. The third-order valence-corrected chi connectivity index (χ3v) is 3.04. The maximum absolute atomic E-state index is 10.7. The van der Waals surface area contributed by atoms with Gasteiger partial charge in [-0.2, -0.15) is 0 Å². The van der Waals surface area contributed by atoms with Crippen LogP contribution in [-0.4, -0.2) is 33.4 Å². The van der Waals surface area contributed by atoms with Crippen LogP contribution < -0.4 is 0 Å². The molecule has 4 heteroatoms. The molecule has 15 heavy (non-hydrogen) atoms. The van der Waals surface area contributed by atoms with Gasteiger partial charge in [-0.15, -0.1) is 0 Å². The normalized spacial score (nSPS) is 20.9. The van der Waals surface area contributed by atoms with Gasteiger partial charge in [0.1, 0.15) is 0 Å². The first-order chi connectivity index (χ1) is 7.29. The molecule has 0 unspecified atom stereocenters. The van der Waals surface area contributed by atoms with Crippen molar-refractivity contribution in [2.45, 2.75) is 38.8 Å². The topological polar surface area (TPSA) is 38.1 Å². The molecule has 82 valence electrons. The number of amides is 1. The zero-order valence-corrected chi connectivity index (χ0v) is 9.09. The van der Waals surface area contributed by atoms with E-state index in [1.807, 2.05) is 24.3 Å². The van der Waals surface area contributed by atoms with Gasteiger partial charge in [0.2, 0.25) is 6.41 Å². The summed E-state index contributed by atoms with van der Waals surface area (Å²) < 4.78 is 2.09. The van der Waals surface area contributed by atoms with Gasteiger partial charge in [0.05, 0.1) is 12.0 Å². The Morgan fingerprint density at radius 3 is 3.20 bits per heavy atom. The molecule has 0 spiro atoms. The molecule has 1 aromatic rings. The second-order valence-corrected chi connectivity index (χ2v) is 4.18. The quantitative estimate of drug-likeness (QED) is 0.696. The van der Waals surface area contributed by atoms with E-state index in [4.69, 9.17) is 0 Å². The van der Waals surface area contributed by atoms with Crippen molar-refractivity contribution < 1.29 is 4.79 Å². The molecule has 1 aromatic heterocycles. The van der Waals surface area contributed by atoms with E-state index >= 15 is 0 Å². The number of carbonyl (C=O) groups excluding carboxylic acids is 1. The zero-order valence-electron chi connectivity index (χ0n) is 9.09. The van der Waals surface area contributed by atoms with Crippen molar-refractivity contribution in [1.82, 2.24) is 14.5 Å². The molecule has 0 bridgehead atoms. The number of nitrogens with zero attached hydrogens (tertiary/aromatic N) is 3. The fraction of sp³-hybridized carbons (Fsp3) is 0.636. The van der Waals surface area contributed by atoms with E-state index in [9.17, 15) is 4.79 Å². The first-order valence-corrected chi connectivity index (χ1v) is 5.49. The highest BCUT2D eigenvalue weighted by Gasteiger charge is 2.22. The Bertz CT molecular complexity index is 334. The van der Waals surface area contributed by atoms with Crippen LogP contribution in [-0.2, 0) is 11.3 Å². The van der Waals surface area contributed by atoms with Gasteiger partial charge in [0.25, 0.3) is 0 Å². The summed E-state index contributed by atoms with van der Waals surface area (Å²) in [6.45, 7) is 3.87. The number of aryl methyl sites for hydroxylation is 2. The average Bonchev–Trinajstić information content (AvgIpc) is 2.83. The van der Waals surface area contributed by atoms with E-state index in [1.54, 1.807) is 0 Å². The van der Waals surface area contributed by atoms with Crippen molar-refractivity contribution in [1.29, 1.82) is 0 Å². The van der Waals surface area contributed by atoms with Crippen LogP contribution in [0, 0.1) is 6.92 Å². The predicted octanol–water partition coefficient (Wildman–Crippen LogP) is 1.20. The molecule has 0 N–H and O–H groups in total. The first-order valence-electron chi connectivity index (χ1n) is 5.49. The molecule has 0 aliphatic carbocycles. The summed E-state index contributed by atoms with van der Waals surface area (Å²) >= 11 is 0. The van der Waals surface area contributed by atoms with E-state index in [0.717, 1.165) is 44.5 Å². The molecular weight excluding hydrogens is 190 g/mol. The fourth-order valence-corrected chi connectivity index (χ4v) is 2.20. The van der Waals surface area contributed by atoms with Crippen LogP contribution in [0.1, 0.15) is 25.0 Å². The fourth-order valence-electron chi connectivity index (χ4n) is 2.20. The minimum Gasteiger partial charge on any atom is -0.342 e. The van der Waals surface area contributed by atoms with Crippen molar-refractivity contribution in [3.8, 4) is 0 Å². The second kappa shape index (κ2) is 4.47. The molecule has 0 saturated carbocycles. The molecule has 2 heterocycles. The number of hydrogen-bond donors (Lipinski definition) is 0. The lowest BCUT2D eigenvalue weighted by atomic mass is 10.1. The van der Waals surface area contributed by atoms with Gasteiger partial charge in [-0.05, 0) is 26.2 Å². The van der Waals surface area contributed by atoms with E-state index in [2.05, 4.69) is 9.55 Å². The Morgan fingerprint density at radius 1 is 1.67 bits per heavy atom. The van der Waals surface area contributed by atoms with Crippen molar-refractivity contribution in [3.63, 3.8) is 0 Å². The molecule has 1 amide bonds. The molecule has 2 rings (SSSR count). The van der Waals surface area contributed by atoms with Gasteiger partial charge in [-0.25, -0.2) is 4.98 Å². The summed E-state index contributed by atoms with van der Waals surface area (Å²) in [6, 6.07) is 0.435. The van der Waals surface area contributed by atoms with Gasteiger partial charge in [-0.3, -0.25) is 4.79 Å². The highest BCUT2D eigenvalue weighted by Crippen LogP contribution is 2.18. The number of hydrogen-bond acceptors (Lipinski definition) is 2. The Balaban J connectivity index is 1.85. The van der Waals surface area contributed by atoms with Gasteiger partial charge in [0, 0.05) is 25.3 Å². The molecule has 1 fully saturated rings. The van der Waals surface area contributed by atoms with Gasteiger partial charge in [0.15, 0.2) is 0 Å². The molecular formula is C11H17N3O. The molecule has 0 aromatic carbocycles. The predicted molar refractivity (Wildman–Crippen MR) is 57.4 cm³/mol. The van der Waals surface area contributed by atoms with E-state index < -0.39 is 0 Å². The summed E-state index contributed by atoms with van der Waals surface area (Å²) in [5.41, 5.74) is 1.05. The SMILES string of the molecule is Cc1cn(CC[C@H]2CCCN2C=O)cn1. The summed E-state index contributed by atoms with van der Waals surface area (Å²) in [4.78, 5) is 16.8. The molecule has 1 aliphatic heterocycles. The second-order valence-electron chi connectivity index (χ2n) is 4.18. The summed E-state index contributed by atoms with van der Waals surface area (Å²) in [5, 5.41) is 0. The van der Waals surface area contributed by atoms with Crippen LogP contribution in [0.15, 0.2) is 12.5 Å². The monoisotopic (exact) mass is 207 g/mol. The molecule has 1 saturated heterocycles. The van der Waals surface area contributed by atoms with E-state index in [1.165, 1.54) is 0 Å². The van der Waals surface area contributed by atoms with Crippen molar-refractivity contribution in [3.05, 3.63) is 18.2 Å². The van der Waals surface area contributed by atoms with Crippen LogP contribution in [0.3, 0.4) is 0 Å². The van der Waals surface area contributed by atoms with Gasteiger partial charge >= 0.3 is 0 Å². The van der Waals surface area contributed by atoms with Crippen LogP contribution in [0.2, 0.25) is 0 Å². The van der Waals surface area contributed by atoms with Crippen LogP contribution in [0.4, 0.5) is 0 Å². The number of likely N-dealkylation sites (tertiary alicyclic amines) is 1. The summed E-state index contributed by atoms with van der Waals surface area (Å²) in [5.74, 6) is 0.